The average Bonchev–Trinajstić information content (AvgIpc) is 2.13. The summed E-state index contributed by atoms with van der Waals surface area (Å²) in [6, 6.07) is 2.31. The number of methoxy groups -OCH3 is 1. The molecule has 0 amide bonds. The molecule has 0 aliphatic heterocycles. The minimum atomic E-state index is -4.95. The number of rotatable bonds is 3. The fourth-order valence-corrected chi connectivity index (χ4v) is 1.73. The zero-order valence-corrected chi connectivity index (χ0v) is 9.17. The molecular weight excluding hydrogens is 265 g/mol. The van der Waals surface area contributed by atoms with Gasteiger partial charge in [-0.25, -0.2) is 0 Å². The van der Waals surface area contributed by atoms with Crippen molar-refractivity contribution < 1.29 is 35.6 Å². The lowest BCUT2D eigenvalue weighted by Gasteiger charge is -2.11. The molecule has 0 radical (unpaired) electrons. The summed E-state index contributed by atoms with van der Waals surface area (Å²) >= 11 is 0. The van der Waals surface area contributed by atoms with Gasteiger partial charge in [0.25, 0.3) is 10.1 Å². The molecule has 9 heteroatoms. The second kappa shape index (κ2) is 4.41. The van der Waals surface area contributed by atoms with Crippen molar-refractivity contribution in [3.63, 3.8) is 0 Å². The van der Waals surface area contributed by atoms with Gasteiger partial charge >= 0.3 is 6.36 Å². The van der Waals surface area contributed by atoms with Crippen molar-refractivity contribution in [2.75, 3.05) is 7.11 Å². The largest absolute Gasteiger partial charge is 0.573 e. The quantitative estimate of drug-likeness (QED) is 0.850. The van der Waals surface area contributed by atoms with E-state index in [9.17, 15) is 21.6 Å². The van der Waals surface area contributed by atoms with Crippen molar-refractivity contribution in [2.24, 2.45) is 0 Å². The van der Waals surface area contributed by atoms with Crippen LogP contribution in [0, 0.1) is 0 Å². The molecule has 0 saturated carbocycles. The lowest BCUT2D eigenvalue weighted by Crippen LogP contribution is -2.17. The van der Waals surface area contributed by atoms with Crippen molar-refractivity contribution in [2.45, 2.75) is 11.3 Å². The lowest BCUT2D eigenvalue weighted by molar-refractivity contribution is -0.274. The van der Waals surface area contributed by atoms with Gasteiger partial charge in [0.2, 0.25) is 0 Å². The Morgan fingerprint density at radius 2 is 1.88 bits per heavy atom. The molecule has 0 heterocycles. The predicted molar refractivity (Wildman–Crippen MR) is 49.5 cm³/mol. The molecule has 1 aromatic carbocycles. The SMILES string of the molecule is COc1ccc(OC(F)(F)F)cc1S(=O)(=O)O. The van der Waals surface area contributed by atoms with Gasteiger partial charge in [0.1, 0.15) is 16.4 Å². The summed E-state index contributed by atoms with van der Waals surface area (Å²) in [4.78, 5) is -0.804. The Hall–Kier alpha value is -1.48. The van der Waals surface area contributed by atoms with Gasteiger partial charge in [-0.05, 0) is 12.1 Å². The predicted octanol–water partition coefficient (Wildman–Crippen LogP) is 1.84. The van der Waals surface area contributed by atoms with E-state index in [1.54, 1.807) is 0 Å². The van der Waals surface area contributed by atoms with Crippen LogP contribution in [0.4, 0.5) is 13.2 Å². The summed E-state index contributed by atoms with van der Waals surface area (Å²) in [7, 11) is -3.59. The third kappa shape index (κ3) is 3.79. The Morgan fingerprint density at radius 1 is 1.29 bits per heavy atom. The zero-order valence-electron chi connectivity index (χ0n) is 8.35. The second-order valence-corrected chi connectivity index (χ2v) is 4.23. The fourth-order valence-electron chi connectivity index (χ4n) is 1.06. The third-order valence-electron chi connectivity index (χ3n) is 1.65. The maximum Gasteiger partial charge on any atom is 0.573 e. The highest BCUT2D eigenvalue weighted by Crippen LogP contribution is 2.30. The number of halogens is 3. The van der Waals surface area contributed by atoms with Gasteiger partial charge in [-0.1, -0.05) is 0 Å². The second-order valence-electron chi connectivity index (χ2n) is 2.84. The Morgan fingerprint density at radius 3 is 2.29 bits per heavy atom. The van der Waals surface area contributed by atoms with E-state index in [0.29, 0.717) is 6.07 Å². The summed E-state index contributed by atoms with van der Waals surface area (Å²) in [5.41, 5.74) is 0. The summed E-state index contributed by atoms with van der Waals surface area (Å²) in [6.45, 7) is 0. The minimum Gasteiger partial charge on any atom is -0.495 e. The maximum absolute atomic E-state index is 11.9. The summed E-state index contributed by atoms with van der Waals surface area (Å²) in [6.07, 6.45) is -4.95. The molecule has 0 bridgehead atoms. The monoisotopic (exact) mass is 272 g/mol. The van der Waals surface area contributed by atoms with E-state index < -0.39 is 27.1 Å². The number of alkyl halides is 3. The standard InChI is InChI=1S/C8H7F3O5S/c1-15-6-3-2-5(16-8(9,10)11)4-7(6)17(12,13)14/h2-4H,1H3,(H,12,13,14). The molecule has 0 aliphatic carbocycles. The van der Waals surface area contributed by atoms with E-state index in [-0.39, 0.29) is 5.75 Å². The molecule has 0 atom stereocenters. The number of hydrogen-bond donors (Lipinski definition) is 1. The molecule has 5 nitrogen and oxygen atoms in total. The molecule has 0 saturated heterocycles. The van der Waals surface area contributed by atoms with Crippen LogP contribution in [-0.2, 0) is 10.1 Å². The molecule has 0 aromatic heterocycles. The number of benzene rings is 1. The highest BCUT2D eigenvalue weighted by atomic mass is 32.2. The van der Waals surface area contributed by atoms with Crippen LogP contribution in [-0.4, -0.2) is 26.4 Å². The van der Waals surface area contributed by atoms with Crippen LogP contribution >= 0.6 is 0 Å². The Balaban J connectivity index is 3.24. The van der Waals surface area contributed by atoms with Crippen molar-refractivity contribution in [3.8, 4) is 11.5 Å². The Kier molecular flexibility index (Phi) is 3.53. The van der Waals surface area contributed by atoms with E-state index in [0.717, 1.165) is 19.2 Å². The molecule has 0 spiro atoms. The normalized spacial score (nSPS) is 12.3. The van der Waals surface area contributed by atoms with E-state index in [4.69, 9.17) is 4.55 Å². The van der Waals surface area contributed by atoms with E-state index in [2.05, 4.69) is 9.47 Å². The fraction of sp³-hybridized carbons (Fsp3) is 0.250. The Labute approximate surface area is 94.5 Å². The molecule has 96 valence electrons. The Bertz CT molecular complexity index is 508. The third-order valence-corrected chi connectivity index (χ3v) is 2.52. The first-order valence-electron chi connectivity index (χ1n) is 4.05. The zero-order chi connectivity index (χ0) is 13.3. The minimum absolute atomic E-state index is 0.290. The molecular formula is C8H7F3O5S. The van der Waals surface area contributed by atoms with Gasteiger partial charge in [-0.3, -0.25) is 4.55 Å². The van der Waals surface area contributed by atoms with Crippen molar-refractivity contribution in [3.05, 3.63) is 18.2 Å². The van der Waals surface area contributed by atoms with Crippen molar-refractivity contribution in [1.29, 1.82) is 0 Å². The molecule has 1 N–H and O–H groups in total. The molecule has 17 heavy (non-hydrogen) atoms. The topological polar surface area (TPSA) is 72.8 Å². The highest BCUT2D eigenvalue weighted by molar-refractivity contribution is 7.86. The van der Waals surface area contributed by atoms with E-state index in [1.807, 2.05) is 0 Å². The summed E-state index contributed by atoms with van der Waals surface area (Å²) < 4.78 is 74.3. The van der Waals surface area contributed by atoms with Crippen LogP contribution in [0.15, 0.2) is 23.1 Å². The number of ether oxygens (including phenoxy) is 2. The molecule has 0 aliphatic rings. The first-order chi connectivity index (χ1) is 7.63. The van der Waals surface area contributed by atoms with Crippen LogP contribution in [0.1, 0.15) is 0 Å². The van der Waals surface area contributed by atoms with Crippen LogP contribution in [0.25, 0.3) is 0 Å². The van der Waals surface area contributed by atoms with Gasteiger partial charge in [0.15, 0.2) is 0 Å². The van der Waals surface area contributed by atoms with E-state index >= 15 is 0 Å². The smallest absolute Gasteiger partial charge is 0.495 e. The van der Waals surface area contributed by atoms with Gasteiger partial charge in [-0.2, -0.15) is 8.42 Å². The average molecular weight is 272 g/mol. The van der Waals surface area contributed by atoms with Crippen LogP contribution < -0.4 is 9.47 Å². The summed E-state index contributed by atoms with van der Waals surface area (Å²) in [5, 5.41) is 0. The van der Waals surface area contributed by atoms with Crippen molar-refractivity contribution >= 4 is 10.1 Å². The van der Waals surface area contributed by atoms with Crippen LogP contribution in [0.2, 0.25) is 0 Å². The lowest BCUT2D eigenvalue weighted by atomic mass is 10.3. The van der Waals surface area contributed by atoms with Crippen LogP contribution in [0.3, 0.4) is 0 Å². The van der Waals surface area contributed by atoms with Gasteiger partial charge in [0, 0.05) is 6.07 Å². The van der Waals surface area contributed by atoms with Gasteiger partial charge in [0.05, 0.1) is 7.11 Å². The number of hydrogen-bond acceptors (Lipinski definition) is 4. The van der Waals surface area contributed by atoms with Gasteiger partial charge in [-0.15, -0.1) is 13.2 Å². The molecule has 1 rings (SSSR count). The van der Waals surface area contributed by atoms with Gasteiger partial charge < -0.3 is 9.47 Å². The first-order valence-corrected chi connectivity index (χ1v) is 5.49. The van der Waals surface area contributed by atoms with Crippen molar-refractivity contribution in [1.82, 2.24) is 0 Å². The molecule has 1 aromatic rings. The summed E-state index contributed by atoms with van der Waals surface area (Å²) in [5.74, 6) is -1.06. The van der Waals surface area contributed by atoms with E-state index in [1.165, 1.54) is 0 Å². The van der Waals surface area contributed by atoms with Crippen LogP contribution in [0.5, 0.6) is 11.5 Å². The molecule has 0 unspecified atom stereocenters. The highest BCUT2D eigenvalue weighted by Gasteiger charge is 2.32. The first kappa shape index (κ1) is 13.6. The maximum atomic E-state index is 11.9. The molecule has 0 fully saturated rings.